The van der Waals surface area contributed by atoms with E-state index in [1.165, 1.54) is 12.1 Å². The molecule has 1 saturated heterocycles. The van der Waals surface area contributed by atoms with E-state index in [1.807, 2.05) is 23.1 Å². The number of non-ortho nitro benzene ring substituents is 1. The maximum absolute atomic E-state index is 14.5. The molecule has 6 nitrogen and oxygen atoms in total. The normalized spacial score (nSPS) is 19.3. The predicted molar refractivity (Wildman–Crippen MR) is 94.4 cm³/mol. The Morgan fingerprint density at radius 3 is 2.65 bits per heavy atom. The van der Waals surface area contributed by atoms with Crippen LogP contribution < -0.4 is 14.4 Å². The Kier molecular flexibility index (Phi) is 4.36. The number of nitro groups is 1. The Labute approximate surface area is 150 Å². The number of anilines is 1. The first-order valence-corrected chi connectivity index (χ1v) is 8.73. The zero-order chi connectivity index (χ0) is 18.1. The topological polar surface area (TPSA) is 64.8 Å². The van der Waals surface area contributed by atoms with Gasteiger partial charge >= 0.3 is 0 Å². The number of fused-ring (bicyclic) bond motifs is 1. The molecule has 26 heavy (non-hydrogen) atoms. The maximum Gasteiger partial charge on any atom is 0.272 e. The van der Waals surface area contributed by atoms with Crippen molar-refractivity contribution in [1.29, 1.82) is 0 Å². The summed E-state index contributed by atoms with van der Waals surface area (Å²) in [4.78, 5) is 12.2. The minimum Gasteiger partial charge on any atom is -0.490 e. The molecule has 0 amide bonds. The molecule has 2 aliphatic rings. The van der Waals surface area contributed by atoms with Gasteiger partial charge in [0, 0.05) is 19.0 Å². The number of ether oxygens (including phenoxy) is 2. The lowest BCUT2D eigenvalue weighted by Gasteiger charge is -2.28. The molecule has 2 heterocycles. The van der Waals surface area contributed by atoms with Gasteiger partial charge in [-0.1, -0.05) is 6.07 Å². The fourth-order valence-corrected chi connectivity index (χ4v) is 3.63. The molecule has 7 heteroatoms. The van der Waals surface area contributed by atoms with Crippen LogP contribution in [0.1, 0.15) is 30.9 Å². The minimum absolute atomic E-state index is 0.00288. The number of nitro benzene ring substituents is 1. The second-order valence-electron chi connectivity index (χ2n) is 6.50. The smallest absolute Gasteiger partial charge is 0.272 e. The van der Waals surface area contributed by atoms with E-state index in [4.69, 9.17) is 9.47 Å². The molecule has 0 saturated carbocycles. The lowest BCUT2D eigenvalue weighted by Crippen LogP contribution is -2.23. The Bertz CT molecular complexity index is 842. The van der Waals surface area contributed by atoms with Gasteiger partial charge in [0.15, 0.2) is 17.3 Å². The van der Waals surface area contributed by atoms with Gasteiger partial charge < -0.3 is 14.4 Å². The third kappa shape index (κ3) is 3.05. The van der Waals surface area contributed by atoms with Crippen LogP contribution in [0, 0.1) is 15.9 Å². The van der Waals surface area contributed by atoms with Gasteiger partial charge in [-0.15, -0.1) is 0 Å². The van der Waals surface area contributed by atoms with Crippen molar-refractivity contribution in [1.82, 2.24) is 0 Å². The molecule has 0 radical (unpaired) electrons. The SMILES string of the molecule is O=[N+]([O-])c1ccc(N2CCCC2c2ccc3c(c2)OCCCO3)c(F)c1. The molecule has 2 aromatic rings. The van der Waals surface area contributed by atoms with Crippen molar-refractivity contribution >= 4 is 11.4 Å². The van der Waals surface area contributed by atoms with Crippen molar-refractivity contribution in [2.24, 2.45) is 0 Å². The first-order valence-electron chi connectivity index (χ1n) is 8.73. The number of rotatable bonds is 3. The molecule has 4 rings (SSSR count). The minimum atomic E-state index is -0.585. The van der Waals surface area contributed by atoms with Gasteiger partial charge in [0.25, 0.3) is 5.69 Å². The average Bonchev–Trinajstić information content (AvgIpc) is 2.99. The van der Waals surface area contributed by atoms with Crippen LogP contribution in [0.4, 0.5) is 15.8 Å². The lowest BCUT2D eigenvalue weighted by molar-refractivity contribution is -0.385. The summed E-state index contributed by atoms with van der Waals surface area (Å²) in [6.07, 6.45) is 2.65. The lowest BCUT2D eigenvalue weighted by atomic mass is 10.0. The van der Waals surface area contributed by atoms with E-state index >= 15 is 0 Å². The molecule has 1 atom stereocenters. The summed E-state index contributed by atoms with van der Waals surface area (Å²) in [6, 6.07) is 9.68. The van der Waals surface area contributed by atoms with Gasteiger partial charge in [-0.3, -0.25) is 10.1 Å². The second-order valence-corrected chi connectivity index (χ2v) is 6.50. The van der Waals surface area contributed by atoms with E-state index < -0.39 is 10.7 Å². The van der Waals surface area contributed by atoms with Gasteiger partial charge in [0.05, 0.1) is 35.9 Å². The van der Waals surface area contributed by atoms with Crippen LogP contribution in [0.5, 0.6) is 11.5 Å². The number of benzene rings is 2. The molecule has 1 unspecified atom stereocenters. The van der Waals surface area contributed by atoms with Crippen molar-refractivity contribution in [3.63, 3.8) is 0 Å². The van der Waals surface area contributed by atoms with Gasteiger partial charge in [-0.25, -0.2) is 4.39 Å². The van der Waals surface area contributed by atoms with E-state index in [1.54, 1.807) is 0 Å². The summed E-state index contributed by atoms with van der Waals surface area (Å²) in [6.45, 7) is 1.95. The quantitative estimate of drug-likeness (QED) is 0.607. The standard InChI is InChI=1S/C19H19FN2O4/c20-15-12-14(22(23)24)5-6-17(15)21-8-1-3-16(21)13-4-7-18-19(11-13)26-10-2-9-25-18/h4-7,11-12,16H,1-3,8-10H2. The van der Waals surface area contributed by atoms with Crippen LogP contribution in [0.2, 0.25) is 0 Å². The zero-order valence-corrected chi connectivity index (χ0v) is 14.2. The first kappa shape index (κ1) is 16.6. The first-order chi connectivity index (χ1) is 12.6. The molecule has 136 valence electrons. The summed E-state index contributed by atoms with van der Waals surface area (Å²) in [7, 11) is 0. The van der Waals surface area contributed by atoms with Crippen molar-refractivity contribution in [2.75, 3.05) is 24.7 Å². The summed E-state index contributed by atoms with van der Waals surface area (Å²) in [5.41, 5.74) is 1.19. The summed E-state index contributed by atoms with van der Waals surface area (Å²) in [5, 5.41) is 10.8. The monoisotopic (exact) mass is 358 g/mol. The fraction of sp³-hybridized carbons (Fsp3) is 0.368. The highest BCUT2D eigenvalue weighted by Gasteiger charge is 2.29. The van der Waals surface area contributed by atoms with Gasteiger partial charge in [-0.2, -0.15) is 0 Å². The van der Waals surface area contributed by atoms with E-state index in [9.17, 15) is 14.5 Å². The van der Waals surface area contributed by atoms with Gasteiger partial charge in [0.1, 0.15) is 0 Å². The molecule has 0 aromatic heterocycles. The van der Waals surface area contributed by atoms with Crippen molar-refractivity contribution < 1.29 is 18.8 Å². The summed E-state index contributed by atoms with van der Waals surface area (Å²) in [5.74, 6) is 0.883. The van der Waals surface area contributed by atoms with E-state index in [0.29, 0.717) is 25.4 Å². The third-order valence-electron chi connectivity index (χ3n) is 4.86. The summed E-state index contributed by atoms with van der Waals surface area (Å²) >= 11 is 0. The van der Waals surface area contributed by atoms with Crippen molar-refractivity contribution in [3.05, 3.63) is 57.9 Å². The van der Waals surface area contributed by atoms with Crippen LogP contribution in [0.25, 0.3) is 0 Å². The molecule has 0 N–H and O–H groups in total. The van der Waals surface area contributed by atoms with E-state index in [2.05, 4.69) is 0 Å². The van der Waals surface area contributed by atoms with Crippen LogP contribution in [-0.4, -0.2) is 24.7 Å². The Morgan fingerprint density at radius 1 is 1.08 bits per heavy atom. The molecule has 0 aliphatic carbocycles. The molecule has 2 aromatic carbocycles. The fourth-order valence-electron chi connectivity index (χ4n) is 3.63. The molecule has 0 bridgehead atoms. The Balaban J connectivity index is 1.65. The highest BCUT2D eigenvalue weighted by atomic mass is 19.1. The highest BCUT2D eigenvalue weighted by molar-refractivity contribution is 5.56. The highest BCUT2D eigenvalue weighted by Crippen LogP contribution is 2.41. The van der Waals surface area contributed by atoms with Crippen LogP contribution >= 0.6 is 0 Å². The Hall–Kier alpha value is -2.83. The largest absolute Gasteiger partial charge is 0.490 e. The van der Waals surface area contributed by atoms with Gasteiger partial charge in [-0.05, 0) is 36.6 Å². The molecular formula is C19H19FN2O4. The zero-order valence-electron chi connectivity index (χ0n) is 14.2. The van der Waals surface area contributed by atoms with Crippen LogP contribution in [0.3, 0.4) is 0 Å². The van der Waals surface area contributed by atoms with Gasteiger partial charge in [0.2, 0.25) is 0 Å². The number of hydrogen-bond acceptors (Lipinski definition) is 5. The van der Waals surface area contributed by atoms with Crippen molar-refractivity contribution in [2.45, 2.75) is 25.3 Å². The number of nitrogens with zero attached hydrogens (tertiary/aromatic N) is 2. The molecule has 1 fully saturated rings. The Morgan fingerprint density at radius 2 is 1.88 bits per heavy atom. The van der Waals surface area contributed by atoms with E-state index in [0.717, 1.165) is 42.4 Å². The van der Waals surface area contributed by atoms with E-state index in [-0.39, 0.29) is 11.7 Å². The number of hydrogen-bond donors (Lipinski definition) is 0. The van der Waals surface area contributed by atoms with Crippen LogP contribution in [-0.2, 0) is 0 Å². The third-order valence-corrected chi connectivity index (χ3v) is 4.86. The maximum atomic E-state index is 14.5. The summed E-state index contributed by atoms with van der Waals surface area (Å²) < 4.78 is 25.9. The average molecular weight is 358 g/mol. The predicted octanol–water partition coefficient (Wildman–Crippen LogP) is 4.24. The van der Waals surface area contributed by atoms with Crippen molar-refractivity contribution in [3.8, 4) is 11.5 Å². The molecule has 2 aliphatic heterocycles. The molecule has 0 spiro atoms. The number of halogens is 1. The molecular weight excluding hydrogens is 339 g/mol. The second kappa shape index (κ2) is 6.82. The van der Waals surface area contributed by atoms with Crippen LogP contribution in [0.15, 0.2) is 36.4 Å².